The van der Waals surface area contributed by atoms with E-state index in [-0.39, 0.29) is 53.3 Å². The van der Waals surface area contributed by atoms with E-state index in [2.05, 4.69) is 9.80 Å². The lowest BCUT2D eigenvalue weighted by Gasteiger charge is -2.59. The minimum atomic E-state index is -1.18. The molecule has 14 heteroatoms. The summed E-state index contributed by atoms with van der Waals surface area (Å²) in [6, 6.07) is 10.1. The number of carboxylic acid groups (broad SMARTS) is 1. The lowest BCUT2D eigenvalue weighted by atomic mass is 9.61. The molecule has 4 aliphatic heterocycles. The molecule has 3 saturated heterocycles. The van der Waals surface area contributed by atoms with E-state index in [0.29, 0.717) is 58.0 Å². The Kier molecular flexibility index (Phi) is 8.40. The van der Waals surface area contributed by atoms with Crippen LogP contribution in [0.5, 0.6) is 5.75 Å². The molecule has 1 saturated carbocycles. The van der Waals surface area contributed by atoms with E-state index >= 15 is 4.39 Å². The first-order valence-corrected chi connectivity index (χ1v) is 17.8. The van der Waals surface area contributed by atoms with Gasteiger partial charge < -0.3 is 44.1 Å². The third-order valence-corrected chi connectivity index (χ3v) is 12.1. The van der Waals surface area contributed by atoms with Crippen molar-refractivity contribution in [1.29, 1.82) is 0 Å². The molecule has 0 radical (unpaired) electrons. The van der Waals surface area contributed by atoms with E-state index in [4.69, 9.17) is 30.8 Å². The number of amides is 1. The number of carbonyl (C=O) groups excluding carboxylic acids is 1. The van der Waals surface area contributed by atoms with E-state index in [1.807, 2.05) is 30.7 Å². The van der Waals surface area contributed by atoms with Crippen molar-refractivity contribution in [3.63, 3.8) is 0 Å². The number of para-hydroxylation sites is 1. The predicted octanol–water partition coefficient (Wildman–Crippen LogP) is 5.19. The summed E-state index contributed by atoms with van der Waals surface area (Å²) in [6.45, 7) is 4.85. The summed E-state index contributed by atoms with van der Waals surface area (Å²) < 4.78 is 35.3. The Bertz CT molecular complexity index is 2110. The summed E-state index contributed by atoms with van der Waals surface area (Å²) >= 11 is 6.98. The molecule has 52 heavy (non-hydrogen) atoms. The van der Waals surface area contributed by atoms with E-state index in [0.717, 1.165) is 61.9 Å². The molecule has 1 aromatic heterocycles. The molecular formula is C38H41ClFN5O7. The van der Waals surface area contributed by atoms with Gasteiger partial charge >= 0.3 is 5.97 Å². The van der Waals surface area contributed by atoms with Crippen LogP contribution >= 0.6 is 11.6 Å². The van der Waals surface area contributed by atoms with Crippen LogP contribution in [0.25, 0.3) is 22.2 Å². The first-order valence-electron chi connectivity index (χ1n) is 17.5. The predicted molar refractivity (Wildman–Crippen MR) is 193 cm³/mol. The van der Waals surface area contributed by atoms with Gasteiger partial charge in [-0.15, -0.1) is 0 Å². The number of hydrogen-bond donors (Lipinski definition) is 1. The number of halogens is 2. The number of carbonyl (C=O) groups is 2. The SMILES string of the molecule is COC1CC2(C1)CN(c1cc(Cl)c(C(=O)N3COc4c(cccc4-c4cc(N5C6CCC5COC6)c(C(=O)O)cc4F)C3)c3c1nc(C)n3C)C2.O. The van der Waals surface area contributed by atoms with Crippen molar-refractivity contribution in [2.75, 3.05) is 49.9 Å². The van der Waals surface area contributed by atoms with Gasteiger partial charge in [-0.25, -0.2) is 14.2 Å². The van der Waals surface area contributed by atoms with E-state index in [1.165, 1.54) is 0 Å². The topological polar surface area (TPSA) is 141 Å². The Balaban J connectivity index is 0.00000387. The standard InChI is InChI=1S/C38H39ClFN5O6.H2O/c1-20-41-33-31(44-17-38(18-44)12-24(13-38)49-3)11-28(39)32(34(33)42(20)2)36(46)43-14-21-5-4-6-25(35(21)51-19-43)26-10-30(27(37(47)48)9-29(26)40)45-22-7-8-23(45)16-50-15-22;/h4-6,9-11,22-24H,7-8,12-19H2,1-3H3,(H,47,48);1H2. The number of anilines is 2. The van der Waals surface area contributed by atoms with Gasteiger partial charge in [-0.05, 0) is 50.8 Å². The second-order valence-electron chi connectivity index (χ2n) is 14.8. The number of rotatable bonds is 6. The highest BCUT2D eigenvalue weighted by Crippen LogP contribution is 2.52. The number of imidazole rings is 1. The molecule has 4 aromatic rings. The number of benzene rings is 3. The molecule has 1 amide bonds. The van der Waals surface area contributed by atoms with Crippen LogP contribution in [0.15, 0.2) is 36.4 Å². The molecule has 4 fully saturated rings. The highest BCUT2D eigenvalue weighted by molar-refractivity contribution is 6.36. The summed E-state index contributed by atoms with van der Waals surface area (Å²) in [4.78, 5) is 37.5. The van der Waals surface area contributed by atoms with Crippen LogP contribution in [0.4, 0.5) is 15.8 Å². The summed E-state index contributed by atoms with van der Waals surface area (Å²) in [5.41, 5.74) is 4.82. The van der Waals surface area contributed by atoms with Gasteiger partial charge in [0.05, 0.1) is 71.0 Å². The molecule has 12 nitrogen and oxygen atoms in total. The minimum Gasteiger partial charge on any atom is -0.478 e. The quantitative estimate of drug-likeness (QED) is 0.284. The van der Waals surface area contributed by atoms with Crippen LogP contribution in [0, 0.1) is 18.2 Å². The monoisotopic (exact) mass is 733 g/mol. The summed E-state index contributed by atoms with van der Waals surface area (Å²) in [5.74, 6) is -0.901. The van der Waals surface area contributed by atoms with Crippen LogP contribution in [-0.2, 0) is 23.1 Å². The first kappa shape index (κ1) is 34.6. The van der Waals surface area contributed by atoms with E-state index in [1.54, 1.807) is 30.2 Å². The second-order valence-corrected chi connectivity index (χ2v) is 15.3. The van der Waals surface area contributed by atoms with Crippen molar-refractivity contribution in [3.8, 4) is 16.9 Å². The number of aromatic carboxylic acids is 1. The van der Waals surface area contributed by atoms with Gasteiger partial charge in [0.15, 0.2) is 6.73 Å². The maximum absolute atomic E-state index is 15.8. The number of aromatic nitrogens is 2. The lowest BCUT2D eigenvalue weighted by molar-refractivity contribution is -0.0730. The van der Waals surface area contributed by atoms with Crippen molar-refractivity contribution in [1.82, 2.24) is 14.5 Å². The number of hydrogen-bond acceptors (Lipinski definition) is 8. The van der Waals surface area contributed by atoms with E-state index in [9.17, 15) is 14.7 Å². The molecule has 1 aliphatic carbocycles. The van der Waals surface area contributed by atoms with Crippen molar-refractivity contribution in [3.05, 3.63) is 69.8 Å². The Hall–Kier alpha value is -4.43. The lowest BCUT2D eigenvalue weighted by Crippen LogP contribution is -2.64. The molecule has 3 aromatic carbocycles. The second kappa shape index (κ2) is 12.6. The molecule has 2 atom stereocenters. The van der Waals surface area contributed by atoms with Crippen LogP contribution in [0.1, 0.15) is 57.8 Å². The maximum atomic E-state index is 15.8. The number of fused-ring (bicyclic) bond motifs is 4. The summed E-state index contributed by atoms with van der Waals surface area (Å²) in [6.07, 6.45) is 4.18. The number of morpholine rings is 1. The third kappa shape index (κ3) is 5.23. The Labute approximate surface area is 304 Å². The van der Waals surface area contributed by atoms with Gasteiger partial charge in [-0.3, -0.25) is 4.79 Å². The molecule has 5 aliphatic rings. The van der Waals surface area contributed by atoms with Gasteiger partial charge in [-0.2, -0.15) is 0 Å². The molecule has 2 bridgehead atoms. The van der Waals surface area contributed by atoms with Gasteiger partial charge in [-0.1, -0.05) is 29.8 Å². The van der Waals surface area contributed by atoms with Crippen LogP contribution in [0.2, 0.25) is 5.02 Å². The van der Waals surface area contributed by atoms with Crippen molar-refractivity contribution in [2.45, 2.75) is 57.3 Å². The molecule has 9 rings (SSSR count). The average molecular weight is 734 g/mol. The number of carboxylic acids is 1. The molecule has 5 heterocycles. The van der Waals surface area contributed by atoms with Crippen LogP contribution in [0.3, 0.4) is 0 Å². The number of methoxy groups -OCH3 is 1. The molecule has 1 spiro atoms. The molecule has 2 unspecified atom stereocenters. The van der Waals surface area contributed by atoms with Crippen molar-refractivity contribution < 1.29 is 38.8 Å². The van der Waals surface area contributed by atoms with E-state index < -0.39 is 11.8 Å². The van der Waals surface area contributed by atoms with Crippen LogP contribution < -0.4 is 14.5 Å². The fourth-order valence-electron chi connectivity index (χ4n) is 9.11. The van der Waals surface area contributed by atoms with Crippen molar-refractivity contribution >= 4 is 45.9 Å². The zero-order valence-corrected chi connectivity index (χ0v) is 30.0. The minimum absolute atomic E-state index is 0. The van der Waals surface area contributed by atoms with Crippen molar-refractivity contribution in [2.24, 2.45) is 12.5 Å². The number of aryl methyl sites for hydroxylation is 2. The molecule has 3 N–H and O–H groups in total. The fourth-order valence-corrected chi connectivity index (χ4v) is 9.38. The largest absolute Gasteiger partial charge is 0.478 e. The molecule has 274 valence electrons. The highest BCUT2D eigenvalue weighted by Gasteiger charge is 2.53. The van der Waals surface area contributed by atoms with Gasteiger partial charge in [0, 0.05) is 49.4 Å². The number of nitrogens with zero attached hydrogens (tertiary/aromatic N) is 5. The normalized spacial score (nSPS) is 21.8. The smallest absolute Gasteiger partial charge is 0.337 e. The average Bonchev–Trinajstić information content (AvgIpc) is 3.51. The maximum Gasteiger partial charge on any atom is 0.337 e. The first-order chi connectivity index (χ1) is 24.6. The fraction of sp³-hybridized carbons (Fsp3) is 0.447. The van der Waals surface area contributed by atoms with Gasteiger partial charge in [0.2, 0.25) is 0 Å². The Morgan fingerprint density at radius 1 is 1.08 bits per heavy atom. The van der Waals surface area contributed by atoms with Crippen LogP contribution in [-0.4, -0.2) is 95.2 Å². The Morgan fingerprint density at radius 3 is 2.50 bits per heavy atom. The zero-order valence-electron chi connectivity index (χ0n) is 29.2. The Morgan fingerprint density at radius 2 is 1.81 bits per heavy atom. The van der Waals surface area contributed by atoms with Gasteiger partial charge in [0.1, 0.15) is 22.9 Å². The summed E-state index contributed by atoms with van der Waals surface area (Å²) in [7, 11) is 3.66. The zero-order chi connectivity index (χ0) is 35.3. The number of ether oxygens (including phenoxy) is 3. The molecular weight excluding hydrogens is 693 g/mol. The van der Waals surface area contributed by atoms with Gasteiger partial charge in [0.25, 0.3) is 5.91 Å². The third-order valence-electron chi connectivity index (χ3n) is 11.8. The summed E-state index contributed by atoms with van der Waals surface area (Å²) in [5, 5.41) is 10.4. The highest BCUT2D eigenvalue weighted by atomic mass is 35.5.